The lowest BCUT2D eigenvalue weighted by Gasteiger charge is -2.28. The second kappa shape index (κ2) is 9.12. The molecule has 0 N–H and O–H groups in total. The molecule has 1 aromatic carbocycles. The number of thiocarbonyl (C=S) groups is 1. The highest BCUT2D eigenvalue weighted by atomic mass is 32.1. The molecule has 12 heteroatoms. The van der Waals surface area contributed by atoms with Crippen LogP contribution in [0.2, 0.25) is 0 Å². The average molecular weight is 541 g/mol. The number of carbonyl (C=O) groups excluding carboxylic acids is 5. The van der Waals surface area contributed by atoms with Crippen molar-refractivity contribution in [3.05, 3.63) is 47.3 Å². The number of amides is 3. The first kappa shape index (κ1) is 27.1. The number of fused-ring (bicyclic) bond motifs is 2. The number of likely N-dealkylation sites (tertiary alicyclic amines) is 1. The van der Waals surface area contributed by atoms with Gasteiger partial charge >= 0.3 is 12.1 Å². The van der Waals surface area contributed by atoms with E-state index < -0.39 is 52.8 Å². The highest BCUT2D eigenvalue weighted by molar-refractivity contribution is 7.80. The molecule has 0 unspecified atom stereocenters. The lowest BCUT2D eigenvalue weighted by atomic mass is 9.70. The number of imide groups is 1. The fourth-order valence-electron chi connectivity index (χ4n) is 5.23. The first-order valence-electron chi connectivity index (χ1n) is 11.8. The summed E-state index contributed by atoms with van der Waals surface area (Å²) in [6.45, 7) is 9.40. The van der Waals surface area contributed by atoms with Gasteiger partial charge in [0.1, 0.15) is 28.0 Å². The van der Waals surface area contributed by atoms with E-state index in [2.05, 4.69) is 5.10 Å². The lowest BCUT2D eigenvalue weighted by Crippen LogP contribution is -2.53. The highest BCUT2D eigenvalue weighted by Gasteiger charge is 2.73. The van der Waals surface area contributed by atoms with E-state index in [0.717, 1.165) is 21.6 Å². The fourth-order valence-corrected chi connectivity index (χ4v) is 5.74. The van der Waals surface area contributed by atoms with Crippen molar-refractivity contribution in [1.29, 1.82) is 0 Å². The molecule has 0 radical (unpaired) electrons. The number of esters is 1. The number of aryl methyl sites for hydroxylation is 2. The van der Waals surface area contributed by atoms with Crippen LogP contribution in [0.25, 0.3) is 0 Å². The topological polar surface area (TPSA) is 128 Å². The molecule has 0 bridgehead atoms. The first-order valence-corrected chi connectivity index (χ1v) is 12.3. The van der Waals surface area contributed by atoms with Gasteiger partial charge < -0.3 is 9.47 Å². The van der Waals surface area contributed by atoms with Crippen LogP contribution in [0.5, 0.6) is 0 Å². The summed E-state index contributed by atoms with van der Waals surface area (Å²) in [5, 5.41) is 4.23. The summed E-state index contributed by atoms with van der Waals surface area (Å²) < 4.78 is 11.7. The largest absolute Gasteiger partial charge is 0.469 e. The maximum absolute atomic E-state index is 14.2. The van der Waals surface area contributed by atoms with Crippen LogP contribution in [0.4, 0.5) is 10.5 Å². The van der Waals surface area contributed by atoms with Crippen LogP contribution in [0.3, 0.4) is 0 Å². The number of hydrogen-bond donors (Lipinski definition) is 0. The number of aromatic nitrogens is 2. The van der Waals surface area contributed by atoms with Crippen molar-refractivity contribution in [2.24, 2.45) is 5.92 Å². The normalized spacial score (nSPS) is 22.6. The van der Waals surface area contributed by atoms with E-state index in [1.54, 1.807) is 58.9 Å². The summed E-state index contributed by atoms with van der Waals surface area (Å²) in [6, 6.07) is 6.31. The number of ether oxygens (including phenoxy) is 2. The average Bonchev–Trinajstić information content (AvgIpc) is 3.40. The van der Waals surface area contributed by atoms with Gasteiger partial charge in [-0.15, -0.1) is 0 Å². The van der Waals surface area contributed by atoms with E-state index in [0.29, 0.717) is 11.4 Å². The quantitative estimate of drug-likeness (QED) is 0.417. The molecule has 1 spiro atoms. The van der Waals surface area contributed by atoms with Gasteiger partial charge in [-0.1, -0.05) is 30.4 Å². The minimum atomic E-state index is -2.07. The van der Waals surface area contributed by atoms with Gasteiger partial charge in [-0.25, -0.2) is 14.4 Å². The Morgan fingerprint density at radius 1 is 1.11 bits per heavy atom. The van der Waals surface area contributed by atoms with Crippen LogP contribution in [-0.2, 0) is 29.3 Å². The SMILES string of the molecule is COC(=O)[C@@H]1[C@@H](C(=O)n2nc(C)cc2C)N(C(=O)OC(C)(C)C)C(=S)[C@]12C(=O)N(C(C)=O)c1ccccc12. The number of benzene rings is 1. The van der Waals surface area contributed by atoms with Gasteiger partial charge in [0.2, 0.25) is 5.91 Å². The molecule has 1 fully saturated rings. The van der Waals surface area contributed by atoms with E-state index in [1.807, 2.05) is 0 Å². The molecule has 2 aliphatic heterocycles. The molecule has 0 saturated carbocycles. The number of para-hydroxylation sites is 1. The Bertz CT molecular complexity index is 1410. The van der Waals surface area contributed by atoms with Gasteiger partial charge in [-0.2, -0.15) is 5.10 Å². The van der Waals surface area contributed by atoms with Gasteiger partial charge in [0.15, 0.2) is 0 Å². The van der Waals surface area contributed by atoms with Crippen LogP contribution >= 0.6 is 12.2 Å². The van der Waals surface area contributed by atoms with Crippen molar-refractivity contribution < 1.29 is 33.4 Å². The lowest BCUT2D eigenvalue weighted by molar-refractivity contribution is -0.149. The Morgan fingerprint density at radius 3 is 2.26 bits per heavy atom. The molecule has 0 aliphatic carbocycles. The molecule has 3 heterocycles. The van der Waals surface area contributed by atoms with Crippen LogP contribution in [-0.4, -0.2) is 68.2 Å². The predicted molar refractivity (Wildman–Crippen MR) is 139 cm³/mol. The molecule has 1 aromatic heterocycles. The first-order chi connectivity index (χ1) is 17.7. The number of carbonyl (C=O) groups is 5. The molecule has 2 aliphatic rings. The van der Waals surface area contributed by atoms with Crippen molar-refractivity contribution in [2.45, 2.75) is 58.6 Å². The van der Waals surface area contributed by atoms with Crippen LogP contribution < -0.4 is 4.90 Å². The third-order valence-corrected chi connectivity index (χ3v) is 7.08. The third-order valence-electron chi connectivity index (χ3n) is 6.56. The van der Waals surface area contributed by atoms with Crippen LogP contribution in [0.1, 0.15) is 49.4 Å². The third kappa shape index (κ3) is 3.82. The Balaban J connectivity index is 2.06. The smallest absolute Gasteiger partial charge is 0.416 e. The zero-order chi connectivity index (χ0) is 28.3. The summed E-state index contributed by atoms with van der Waals surface area (Å²) in [6.07, 6.45) is -1.03. The summed E-state index contributed by atoms with van der Waals surface area (Å²) in [7, 11) is 1.11. The molecule has 3 atom stereocenters. The number of rotatable bonds is 2. The maximum Gasteiger partial charge on any atom is 0.416 e. The van der Waals surface area contributed by atoms with Crippen molar-refractivity contribution >= 4 is 52.7 Å². The maximum atomic E-state index is 14.2. The summed E-state index contributed by atoms with van der Waals surface area (Å²) >= 11 is 5.78. The van der Waals surface area contributed by atoms with Gasteiger partial charge in [-0.3, -0.25) is 24.1 Å². The Morgan fingerprint density at radius 2 is 1.74 bits per heavy atom. The highest BCUT2D eigenvalue weighted by Crippen LogP contribution is 2.54. The van der Waals surface area contributed by atoms with E-state index in [-0.39, 0.29) is 16.2 Å². The molecule has 1 saturated heterocycles. The van der Waals surface area contributed by atoms with Crippen molar-refractivity contribution in [3.63, 3.8) is 0 Å². The van der Waals surface area contributed by atoms with Crippen LogP contribution in [0, 0.1) is 19.8 Å². The second-order valence-electron chi connectivity index (χ2n) is 10.3. The van der Waals surface area contributed by atoms with Crippen molar-refractivity contribution in [2.75, 3.05) is 12.0 Å². The van der Waals surface area contributed by atoms with E-state index >= 15 is 0 Å². The molecule has 200 valence electrons. The number of nitrogens with zero attached hydrogens (tertiary/aromatic N) is 4. The minimum absolute atomic E-state index is 0.199. The zero-order valence-corrected chi connectivity index (χ0v) is 22.9. The predicted octanol–water partition coefficient (Wildman–Crippen LogP) is 2.71. The van der Waals surface area contributed by atoms with E-state index in [9.17, 15) is 24.0 Å². The fraction of sp³-hybridized carbons (Fsp3) is 0.423. The number of methoxy groups -OCH3 is 1. The number of hydrogen-bond acceptors (Lipinski definition) is 9. The molecule has 2 aromatic rings. The van der Waals surface area contributed by atoms with E-state index in [4.69, 9.17) is 21.7 Å². The Kier molecular flexibility index (Phi) is 6.51. The molecule has 4 rings (SSSR count). The molecule has 3 amide bonds. The van der Waals surface area contributed by atoms with Crippen molar-refractivity contribution in [1.82, 2.24) is 14.7 Å². The van der Waals surface area contributed by atoms with Gasteiger partial charge in [0.05, 0.1) is 18.5 Å². The summed E-state index contributed by atoms with van der Waals surface area (Å²) in [4.78, 5) is 69.6. The standard InChI is InChI=1S/C26H28N4O7S/c1-13-12-14(2)30(27-13)20(32)19-18(21(33)36-7)26(23(38)29(19)24(35)37-25(4,5)6)16-10-8-9-11-17(16)28(15(3)31)22(26)34/h8-12,18-19H,1-7H3/t18-,19-,26-/m0/s1. The number of anilines is 1. The van der Waals surface area contributed by atoms with Crippen molar-refractivity contribution in [3.8, 4) is 0 Å². The summed E-state index contributed by atoms with van der Waals surface area (Å²) in [5.41, 5.74) is -1.71. The van der Waals surface area contributed by atoms with E-state index in [1.165, 1.54) is 13.0 Å². The molecule has 11 nitrogen and oxygen atoms in total. The Labute approximate surface area is 224 Å². The van der Waals surface area contributed by atoms with Crippen LogP contribution in [0.15, 0.2) is 30.3 Å². The molecule has 38 heavy (non-hydrogen) atoms. The monoisotopic (exact) mass is 540 g/mol. The van der Waals surface area contributed by atoms with Gasteiger partial charge in [-0.05, 0) is 52.3 Å². The zero-order valence-electron chi connectivity index (χ0n) is 22.1. The molecular formula is C26H28N4O7S. The van der Waals surface area contributed by atoms with Gasteiger partial charge in [0, 0.05) is 12.6 Å². The minimum Gasteiger partial charge on any atom is -0.469 e. The second-order valence-corrected chi connectivity index (χ2v) is 10.6. The summed E-state index contributed by atoms with van der Waals surface area (Å²) in [5.74, 6) is -4.87. The Hall–Kier alpha value is -3.93. The molecular weight excluding hydrogens is 512 g/mol. The van der Waals surface area contributed by atoms with Gasteiger partial charge in [0.25, 0.3) is 11.8 Å².